The molecule has 0 aromatic heterocycles. The standard InChI is InChI=1S/C21H26N2O4/c1-3-11-23-20(25)18(16-7-9-17(10-8-16)27-4-2)19(21(23)26)22-12-5-6-15(13-22)14-24/h3,7-10,15,24H,1,4-6,11-14H2,2H3. The molecule has 1 unspecified atom stereocenters. The predicted molar refractivity (Wildman–Crippen MR) is 103 cm³/mol. The quantitative estimate of drug-likeness (QED) is 0.588. The van der Waals surface area contributed by atoms with Gasteiger partial charge in [-0.25, -0.2) is 0 Å². The van der Waals surface area contributed by atoms with Crippen LogP contribution >= 0.6 is 0 Å². The number of benzene rings is 1. The van der Waals surface area contributed by atoms with E-state index in [1.165, 1.54) is 4.90 Å². The first-order chi connectivity index (χ1) is 13.1. The molecule has 0 spiro atoms. The Hall–Kier alpha value is -2.60. The Morgan fingerprint density at radius 1 is 1.26 bits per heavy atom. The first-order valence-electron chi connectivity index (χ1n) is 9.41. The molecule has 2 amide bonds. The average molecular weight is 370 g/mol. The van der Waals surface area contributed by atoms with E-state index in [-0.39, 0.29) is 30.9 Å². The summed E-state index contributed by atoms with van der Waals surface area (Å²) in [6.07, 6.45) is 3.37. The second-order valence-electron chi connectivity index (χ2n) is 6.83. The zero-order valence-corrected chi connectivity index (χ0v) is 15.7. The molecular weight excluding hydrogens is 344 g/mol. The third kappa shape index (κ3) is 3.76. The van der Waals surface area contributed by atoms with E-state index in [1.54, 1.807) is 6.08 Å². The van der Waals surface area contributed by atoms with Gasteiger partial charge in [-0.1, -0.05) is 18.2 Å². The number of piperidine rings is 1. The van der Waals surface area contributed by atoms with Crippen molar-refractivity contribution in [1.29, 1.82) is 0 Å². The largest absolute Gasteiger partial charge is 0.494 e. The van der Waals surface area contributed by atoms with Crippen LogP contribution in [0.1, 0.15) is 25.3 Å². The molecule has 1 aromatic rings. The van der Waals surface area contributed by atoms with Crippen LogP contribution < -0.4 is 4.74 Å². The number of aliphatic hydroxyl groups is 1. The molecule has 1 aromatic carbocycles. The van der Waals surface area contributed by atoms with Crippen molar-refractivity contribution in [2.45, 2.75) is 19.8 Å². The minimum absolute atomic E-state index is 0.0840. The van der Waals surface area contributed by atoms with E-state index in [1.807, 2.05) is 36.1 Å². The van der Waals surface area contributed by atoms with Crippen molar-refractivity contribution < 1.29 is 19.4 Å². The molecule has 0 radical (unpaired) electrons. The highest BCUT2D eigenvalue weighted by Crippen LogP contribution is 2.34. The predicted octanol–water partition coefficient (Wildman–Crippen LogP) is 2.06. The molecule has 1 saturated heterocycles. The number of hydrogen-bond donors (Lipinski definition) is 1. The Morgan fingerprint density at radius 3 is 2.63 bits per heavy atom. The van der Waals surface area contributed by atoms with Crippen LogP contribution in [0, 0.1) is 5.92 Å². The van der Waals surface area contributed by atoms with Gasteiger partial charge in [0.05, 0.1) is 12.2 Å². The van der Waals surface area contributed by atoms with E-state index in [0.29, 0.717) is 36.5 Å². The summed E-state index contributed by atoms with van der Waals surface area (Å²) in [5.74, 6) is 0.248. The molecular formula is C21H26N2O4. The number of rotatable bonds is 7. The van der Waals surface area contributed by atoms with Gasteiger partial charge in [0, 0.05) is 26.2 Å². The molecule has 1 N–H and O–H groups in total. The van der Waals surface area contributed by atoms with Crippen LogP contribution in [-0.2, 0) is 9.59 Å². The fourth-order valence-electron chi connectivity index (χ4n) is 3.71. The molecule has 2 aliphatic heterocycles. The Labute approximate surface area is 159 Å². The summed E-state index contributed by atoms with van der Waals surface area (Å²) < 4.78 is 5.47. The lowest BCUT2D eigenvalue weighted by Gasteiger charge is -2.34. The van der Waals surface area contributed by atoms with Crippen LogP contribution in [0.4, 0.5) is 0 Å². The molecule has 2 heterocycles. The number of nitrogens with zero attached hydrogens (tertiary/aromatic N) is 2. The Balaban J connectivity index is 2.02. The summed E-state index contributed by atoms with van der Waals surface area (Å²) in [5.41, 5.74) is 1.55. The highest BCUT2D eigenvalue weighted by atomic mass is 16.5. The van der Waals surface area contributed by atoms with Gasteiger partial charge in [-0.2, -0.15) is 0 Å². The lowest BCUT2D eigenvalue weighted by atomic mass is 9.97. The SMILES string of the molecule is C=CCN1C(=O)C(c2ccc(OCC)cc2)=C(N2CCCC(CO)C2)C1=O. The van der Waals surface area contributed by atoms with Gasteiger partial charge < -0.3 is 14.7 Å². The van der Waals surface area contributed by atoms with Crippen molar-refractivity contribution in [3.63, 3.8) is 0 Å². The molecule has 3 rings (SSSR count). The maximum atomic E-state index is 13.0. The summed E-state index contributed by atoms with van der Waals surface area (Å²) in [6, 6.07) is 7.25. The summed E-state index contributed by atoms with van der Waals surface area (Å²) in [4.78, 5) is 29.2. The molecule has 0 saturated carbocycles. The monoisotopic (exact) mass is 370 g/mol. The highest BCUT2D eigenvalue weighted by molar-refractivity contribution is 6.35. The number of ether oxygens (including phenoxy) is 1. The van der Waals surface area contributed by atoms with Gasteiger partial charge >= 0.3 is 0 Å². The minimum atomic E-state index is -0.301. The third-order valence-electron chi connectivity index (χ3n) is 5.00. The van der Waals surface area contributed by atoms with Crippen molar-refractivity contribution in [2.75, 3.05) is 32.8 Å². The Kier molecular flexibility index (Phi) is 5.96. The maximum Gasteiger partial charge on any atom is 0.278 e. The molecule has 27 heavy (non-hydrogen) atoms. The zero-order valence-electron chi connectivity index (χ0n) is 15.7. The number of carbonyl (C=O) groups excluding carboxylic acids is 2. The topological polar surface area (TPSA) is 70.1 Å². The Morgan fingerprint density at radius 2 is 2.00 bits per heavy atom. The number of carbonyl (C=O) groups is 2. The van der Waals surface area contributed by atoms with Crippen molar-refractivity contribution in [3.05, 3.63) is 48.2 Å². The van der Waals surface area contributed by atoms with Crippen LogP contribution in [0.5, 0.6) is 5.75 Å². The van der Waals surface area contributed by atoms with Crippen LogP contribution in [0.2, 0.25) is 0 Å². The molecule has 144 valence electrons. The normalized spacial score (nSPS) is 20.4. The van der Waals surface area contributed by atoms with E-state index in [2.05, 4.69) is 6.58 Å². The van der Waals surface area contributed by atoms with Crippen LogP contribution in [0.3, 0.4) is 0 Å². The molecule has 1 fully saturated rings. The fourth-order valence-corrected chi connectivity index (χ4v) is 3.71. The summed E-state index contributed by atoms with van der Waals surface area (Å²) >= 11 is 0. The lowest BCUT2D eigenvalue weighted by molar-refractivity contribution is -0.137. The van der Waals surface area contributed by atoms with E-state index >= 15 is 0 Å². The smallest absolute Gasteiger partial charge is 0.278 e. The molecule has 2 aliphatic rings. The summed E-state index contributed by atoms with van der Waals surface area (Å²) in [7, 11) is 0. The number of likely N-dealkylation sites (tertiary alicyclic amines) is 1. The molecule has 6 heteroatoms. The minimum Gasteiger partial charge on any atom is -0.494 e. The van der Waals surface area contributed by atoms with Crippen LogP contribution in [0.25, 0.3) is 5.57 Å². The van der Waals surface area contributed by atoms with Crippen molar-refractivity contribution >= 4 is 17.4 Å². The van der Waals surface area contributed by atoms with Gasteiger partial charge in [-0.05, 0) is 43.4 Å². The van der Waals surface area contributed by atoms with E-state index in [4.69, 9.17) is 4.74 Å². The van der Waals surface area contributed by atoms with E-state index < -0.39 is 0 Å². The summed E-state index contributed by atoms with van der Waals surface area (Å²) in [5, 5.41) is 9.54. The van der Waals surface area contributed by atoms with E-state index in [0.717, 1.165) is 18.6 Å². The third-order valence-corrected chi connectivity index (χ3v) is 5.00. The zero-order chi connectivity index (χ0) is 19.4. The summed E-state index contributed by atoms with van der Waals surface area (Å²) in [6.45, 7) is 7.68. The molecule has 0 bridgehead atoms. The van der Waals surface area contributed by atoms with Crippen molar-refractivity contribution in [3.8, 4) is 5.75 Å². The first-order valence-corrected chi connectivity index (χ1v) is 9.41. The first kappa shape index (κ1) is 19.2. The highest BCUT2D eigenvalue weighted by Gasteiger charge is 2.41. The fraction of sp³-hybridized carbons (Fsp3) is 0.429. The average Bonchev–Trinajstić information content (AvgIpc) is 2.94. The van der Waals surface area contributed by atoms with Gasteiger partial charge in [0.1, 0.15) is 11.4 Å². The second kappa shape index (κ2) is 8.39. The van der Waals surface area contributed by atoms with Crippen molar-refractivity contribution in [1.82, 2.24) is 9.80 Å². The van der Waals surface area contributed by atoms with Gasteiger partial charge in [-0.15, -0.1) is 6.58 Å². The number of imide groups is 1. The molecule has 6 nitrogen and oxygen atoms in total. The maximum absolute atomic E-state index is 13.0. The van der Waals surface area contributed by atoms with Crippen LogP contribution in [-0.4, -0.2) is 59.6 Å². The van der Waals surface area contributed by atoms with Gasteiger partial charge in [-0.3, -0.25) is 14.5 Å². The van der Waals surface area contributed by atoms with E-state index in [9.17, 15) is 14.7 Å². The number of aliphatic hydroxyl groups excluding tert-OH is 1. The van der Waals surface area contributed by atoms with Crippen molar-refractivity contribution in [2.24, 2.45) is 5.92 Å². The van der Waals surface area contributed by atoms with Gasteiger partial charge in [0.2, 0.25) is 0 Å². The molecule has 1 atom stereocenters. The van der Waals surface area contributed by atoms with Crippen LogP contribution in [0.15, 0.2) is 42.6 Å². The lowest BCUT2D eigenvalue weighted by Crippen LogP contribution is -2.40. The number of amides is 2. The van der Waals surface area contributed by atoms with Gasteiger partial charge in [0.15, 0.2) is 0 Å². The molecule has 0 aliphatic carbocycles. The second-order valence-corrected chi connectivity index (χ2v) is 6.83. The van der Waals surface area contributed by atoms with Gasteiger partial charge in [0.25, 0.3) is 11.8 Å². The Bertz CT molecular complexity index is 754. The number of hydrogen-bond acceptors (Lipinski definition) is 5.